The zero-order chi connectivity index (χ0) is 18.5. The summed E-state index contributed by atoms with van der Waals surface area (Å²) >= 11 is 6.23. The third-order valence-electron chi connectivity index (χ3n) is 4.04. The number of hydrogen-bond acceptors (Lipinski definition) is 6. The Balaban J connectivity index is 1.73. The molecule has 0 saturated heterocycles. The molecular formula is C18H21ClN6O. The van der Waals surface area contributed by atoms with Gasteiger partial charge in [-0.25, -0.2) is 4.98 Å². The Morgan fingerprint density at radius 2 is 1.96 bits per heavy atom. The Hall–Kier alpha value is -2.64. The number of halogens is 1. The van der Waals surface area contributed by atoms with Gasteiger partial charge in [0.15, 0.2) is 5.82 Å². The van der Waals surface area contributed by atoms with E-state index in [1.807, 2.05) is 6.07 Å². The van der Waals surface area contributed by atoms with Crippen LogP contribution in [0.5, 0.6) is 0 Å². The van der Waals surface area contributed by atoms with Gasteiger partial charge in [0, 0.05) is 12.7 Å². The maximum atomic E-state index is 8.95. The van der Waals surface area contributed by atoms with E-state index in [1.54, 1.807) is 23.3 Å². The number of nitrogens with one attached hydrogen (secondary N) is 2. The predicted octanol–water partition coefficient (Wildman–Crippen LogP) is 3.29. The van der Waals surface area contributed by atoms with Crippen molar-refractivity contribution in [3.63, 3.8) is 0 Å². The fraction of sp³-hybridized carbons (Fsp3) is 0.278. The van der Waals surface area contributed by atoms with Crippen molar-refractivity contribution >= 4 is 29.1 Å². The van der Waals surface area contributed by atoms with Crippen LogP contribution in [-0.2, 0) is 13.1 Å². The molecular weight excluding hydrogens is 352 g/mol. The molecule has 8 heteroatoms. The smallest absolute Gasteiger partial charge is 0.229 e. The van der Waals surface area contributed by atoms with Crippen LogP contribution >= 0.6 is 11.6 Å². The quantitative estimate of drug-likeness (QED) is 0.589. The summed E-state index contributed by atoms with van der Waals surface area (Å²) in [6.45, 7) is 5.27. The summed E-state index contributed by atoms with van der Waals surface area (Å²) in [4.78, 5) is 8.64. The Kier molecular flexibility index (Phi) is 5.70. The van der Waals surface area contributed by atoms with Crippen LogP contribution in [0.2, 0.25) is 5.02 Å². The predicted molar refractivity (Wildman–Crippen MR) is 103 cm³/mol. The summed E-state index contributed by atoms with van der Waals surface area (Å²) in [6, 6.07) is 6.22. The Morgan fingerprint density at radius 1 is 1.19 bits per heavy atom. The van der Waals surface area contributed by atoms with Crippen molar-refractivity contribution in [3.8, 4) is 0 Å². The molecule has 3 rings (SSSR count). The fourth-order valence-electron chi connectivity index (χ4n) is 2.63. The molecule has 26 heavy (non-hydrogen) atoms. The SMILES string of the molecule is Cc1cccc(C)c1CNc1nc(Nc2cnn(CCO)c2)ncc1Cl. The van der Waals surface area contributed by atoms with Crippen molar-refractivity contribution in [1.29, 1.82) is 0 Å². The minimum atomic E-state index is 0.0327. The third-order valence-corrected chi connectivity index (χ3v) is 4.32. The minimum absolute atomic E-state index is 0.0327. The van der Waals surface area contributed by atoms with E-state index in [9.17, 15) is 0 Å². The number of benzene rings is 1. The lowest BCUT2D eigenvalue weighted by molar-refractivity contribution is 0.269. The molecule has 3 aromatic rings. The highest BCUT2D eigenvalue weighted by Gasteiger charge is 2.09. The maximum absolute atomic E-state index is 8.95. The molecule has 0 aliphatic heterocycles. The summed E-state index contributed by atoms with van der Waals surface area (Å²) in [7, 11) is 0. The van der Waals surface area contributed by atoms with Gasteiger partial charge in [0.1, 0.15) is 5.02 Å². The van der Waals surface area contributed by atoms with E-state index in [0.717, 1.165) is 5.69 Å². The fourth-order valence-corrected chi connectivity index (χ4v) is 2.79. The first-order chi connectivity index (χ1) is 12.6. The number of aromatic nitrogens is 4. The second-order valence-corrected chi connectivity index (χ2v) is 6.36. The van der Waals surface area contributed by atoms with E-state index >= 15 is 0 Å². The minimum Gasteiger partial charge on any atom is -0.394 e. The maximum Gasteiger partial charge on any atom is 0.229 e. The summed E-state index contributed by atoms with van der Waals surface area (Å²) in [6.07, 6.45) is 4.98. The molecule has 7 nitrogen and oxygen atoms in total. The number of aryl methyl sites for hydroxylation is 2. The second kappa shape index (κ2) is 8.16. The lowest BCUT2D eigenvalue weighted by Crippen LogP contribution is -2.07. The largest absolute Gasteiger partial charge is 0.394 e. The van der Waals surface area contributed by atoms with E-state index in [0.29, 0.717) is 29.9 Å². The van der Waals surface area contributed by atoms with Crippen molar-refractivity contribution < 1.29 is 5.11 Å². The Morgan fingerprint density at radius 3 is 2.69 bits per heavy atom. The van der Waals surface area contributed by atoms with Gasteiger partial charge in [-0.05, 0) is 30.5 Å². The van der Waals surface area contributed by atoms with Crippen molar-refractivity contribution in [3.05, 3.63) is 58.5 Å². The van der Waals surface area contributed by atoms with Crippen LogP contribution in [-0.4, -0.2) is 31.5 Å². The third kappa shape index (κ3) is 4.30. The van der Waals surface area contributed by atoms with E-state index < -0.39 is 0 Å². The molecule has 0 aliphatic carbocycles. The molecule has 0 amide bonds. The summed E-state index contributed by atoms with van der Waals surface area (Å²) in [5.74, 6) is 0.983. The highest BCUT2D eigenvalue weighted by Crippen LogP contribution is 2.23. The molecule has 0 aliphatic rings. The zero-order valence-corrected chi connectivity index (χ0v) is 15.5. The molecule has 0 unspecified atom stereocenters. The topological polar surface area (TPSA) is 87.9 Å². The number of anilines is 3. The lowest BCUT2D eigenvalue weighted by atomic mass is 10.0. The molecule has 0 spiro atoms. The van der Waals surface area contributed by atoms with Gasteiger partial charge in [0.05, 0.1) is 31.2 Å². The monoisotopic (exact) mass is 372 g/mol. The second-order valence-electron chi connectivity index (χ2n) is 5.95. The normalized spacial score (nSPS) is 10.8. The van der Waals surface area contributed by atoms with E-state index in [1.165, 1.54) is 16.7 Å². The highest BCUT2D eigenvalue weighted by atomic mass is 35.5. The van der Waals surface area contributed by atoms with E-state index in [-0.39, 0.29) is 6.61 Å². The molecule has 1 aromatic carbocycles. The molecule has 0 saturated carbocycles. The molecule has 136 valence electrons. The summed E-state index contributed by atoms with van der Waals surface area (Å²) in [5.41, 5.74) is 4.40. The van der Waals surface area contributed by atoms with Crippen molar-refractivity contribution in [2.45, 2.75) is 26.9 Å². The van der Waals surface area contributed by atoms with Crippen LogP contribution in [0.4, 0.5) is 17.5 Å². The van der Waals surface area contributed by atoms with Crippen LogP contribution in [0.3, 0.4) is 0 Å². The molecule has 3 N–H and O–H groups in total. The summed E-state index contributed by atoms with van der Waals surface area (Å²) in [5, 5.41) is 19.9. The van der Waals surface area contributed by atoms with E-state index in [2.05, 4.69) is 51.7 Å². The van der Waals surface area contributed by atoms with Crippen molar-refractivity contribution in [2.75, 3.05) is 17.2 Å². The number of aliphatic hydroxyl groups is 1. The number of nitrogens with zero attached hydrogens (tertiary/aromatic N) is 4. The molecule has 0 radical (unpaired) electrons. The van der Waals surface area contributed by atoms with Crippen LogP contribution in [0, 0.1) is 13.8 Å². The van der Waals surface area contributed by atoms with Gasteiger partial charge < -0.3 is 15.7 Å². The summed E-state index contributed by atoms with van der Waals surface area (Å²) < 4.78 is 1.64. The first kappa shape index (κ1) is 18.2. The molecule has 2 heterocycles. The van der Waals surface area contributed by atoms with E-state index in [4.69, 9.17) is 16.7 Å². The van der Waals surface area contributed by atoms with Gasteiger partial charge in [0.2, 0.25) is 5.95 Å². The average Bonchev–Trinajstić information content (AvgIpc) is 3.04. The van der Waals surface area contributed by atoms with Crippen LogP contribution in [0.1, 0.15) is 16.7 Å². The highest BCUT2D eigenvalue weighted by molar-refractivity contribution is 6.32. The number of rotatable bonds is 7. The molecule has 2 aromatic heterocycles. The van der Waals surface area contributed by atoms with Crippen LogP contribution in [0.25, 0.3) is 0 Å². The zero-order valence-electron chi connectivity index (χ0n) is 14.7. The van der Waals surface area contributed by atoms with Gasteiger partial charge in [-0.3, -0.25) is 4.68 Å². The average molecular weight is 373 g/mol. The Bertz CT molecular complexity index is 875. The first-order valence-corrected chi connectivity index (χ1v) is 8.66. The molecule has 0 fully saturated rings. The van der Waals surface area contributed by atoms with Crippen LogP contribution in [0.15, 0.2) is 36.8 Å². The van der Waals surface area contributed by atoms with Gasteiger partial charge in [0.25, 0.3) is 0 Å². The lowest BCUT2D eigenvalue weighted by Gasteiger charge is -2.13. The standard InChI is InChI=1S/C18H21ClN6O/c1-12-4-3-5-13(2)15(12)9-20-17-16(19)10-21-18(24-17)23-14-8-22-25(11-14)6-7-26/h3-5,8,10-11,26H,6-7,9H2,1-2H3,(H2,20,21,23,24). The van der Waals surface area contributed by atoms with Crippen LogP contribution < -0.4 is 10.6 Å². The number of aliphatic hydroxyl groups excluding tert-OH is 1. The van der Waals surface area contributed by atoms with Crippen molar-refractivity contribution in [2.24, 2.45) is 0 Å². The van der Waals surface area contributed by atoms with Gasteiger partial charge in [-0.1, -0.05) is 29.8 Å². The van der Waals surface area contributed by atoms with Gasteiger partial charge in [-0.2, -0.15) is 10.1 Å². The first-order valence-electron chi connectivity index (χ1n) is 8.28. The van der Waals surface area contributed by atoms with Crippen molar-refractivity contribution in [1.82, 2.24) is 19.7 Å². The number of hydrogen-bond donors (Lipinski definition) is 3. The van der Waals surface area contributed by atoms with Gasteiger partial charge >= 0.3 is 0 Å². The Labute approximate surface area is 157 Å². The van der Waals surface area contributed by atoms with Gasteiger partial charge in [-0.15, -0.1) is 0 Å². The molecule has 0 atom stereocenters. The molecule has 0 bridgehead atoms.